The Labute approximate surface area is 120 Å². The summed E-state index contributed by atoms with van der Waals surface area (Å²) in [7, 11) is 0. The average molecular weight is 279 g/mol. The summed E-state index contributed by atoms with van der Waals surface area (Å²) in [5, 5.41) is 0.816. The van der Waals surface area contributed by atoms with Gasteiger partial charge in [0.15, 0.2) is 0 Å². The minimum absolute atomic E-state index is 0.315. The Kier molecular flexibility index (Phi) is 4.11. The molecule has 1 aromatic carbocycles. The van der Waals surface area contributed by atoms with Crippen molar-refractivity contribution in [3.05, 3.63) is 34.9 Å². The first-order valence-electron chi connectivity index (χ1n) is 7.47. The Morgan fingerprint density at radius 1 is 1.05 bits per heavy atom. The molecule has 0 amide bonds. The van der Waals surface area contributed by atoms with Crippen molar-refractivity contribution in [3.8, 4) is 0 Å². The molecule has 104 valence electrons. The molecule has 2 nitrogen and oxygen atoms in total. The third kappa shape index (κ3) is 3.13. The second kappa shape index (κ2) is 5.82. The molecule has 0 bridgehead atoms. The van der Waals surface area contributed by atoms with E-state index in [0.29, 0.717) is 12.0 Å². The lowest BCUT2D eigenvalue weighted by atomic mass is 9.87. The molecule has 0 spiro atoms. The van der Waals surface area contributed by atoms with Crippen LogP contribution in [-0.2, 0) is 0 Å². The highest BCUT2D eigenvalue weighted by atomic mass is 35.5. The molecule has 1 aliphatic carbocycles. The average Bonchev–Trinajstić information content (AvgIpc) is 2.93. The molecule has 1 saturated heterocycles. The van der Waals surface area contributed by atoms with E-state index in [2.05, 4.69) is 17.0 Å². The SMILES string of the molecule is NC1CC(c2ccc(Cl)cc2)CN(C2CCCC2)C1. The molecule has 2 N–H and O–H groups in total. The van der Waals surface area contributed by atoms with Gasteiger partial charge in [-0.15, -0.1) is 0 Å². The van der Waals surface area contributed by atoms with Crippen molar-refractivity contribution in [1.82, 2.24) is 4.90 Å². The third-order valence-corrected chi connectivity index (χ3v) is 4.95. The van der Waals surface area contributed by atoms with Gasteiger partial charge in [-0.2, -0.15) is 0 Å². The number of halogens is 1. The summed E-state index contributed by atoms with van der Waals surface area (Å²) >= 11 is 5.98. The molecule has 1 aromatic rings. The smallest absolute Gasteiger partial charge is 0.0406 e. The summed E-state index contributed by atoms with van der Waals surface area (Å²) in [5.74, 6) is 0.571. The van der Waals surface area contributed by atoms with E-state index in [4.69, 9.17) is 17.3 Å². The number of nitrogens with two attached hydrogens (primary N) is 1. The lowest BCUT2D eigenvalue weighted by Gasteiger charge is -2.40. The molecule has 2 unspecified atom stereocenters. The normalized spacial score (nSPS) is 29.8. The van der Waals surface area contributed by atoms with Gasteiger partial charge in [0.25, 0.3) is 0 Å². The first-order valence-corrected chi connectivity index (χ1v) is 7.85. The van der Waals surface area contributed by atoms with Crippen molar-refractivity contribution in [1.29, 1.82) is 0 Å². The number of piperidine rings is 1. The van der Waals surface area contributed by atoms with E-state index >= 15 is 0 Å². The highest BCUT2D eigenvalue weighted by molar-refractivity contribution is 6.30. The zero-order valence-electron chi connectivity index (χ0n) is 11.4. The van der Waals surface area contributed by atoms with Crippen LogP contribution in [0, 0.1) is 0 Å². The first-order chi connectivity index (χ1) is 9.22. The van der Waals surface area contributed by atoms with Gasteiger partial charge < -0.3 is 5.73 Å². The van der Waals surface area contributed by atoms with Crippen molar-refractivity contribution < 1.29 is 0 Å². The first kappa shape index (κ1) is 13.4. The van der Waals surface area contributed by atoms with E-state index in [9.17, 15) is 0 Å². The lowest BCUT2D eigenvalue weighted by molar-refractivity contribution is 0.136. The molecule has 1 heterocycles. The van der Waals surface area contributed by atoms with Gasteiger partial charge in [0, 0.05) is 30.2 Å². The van der Waals surface area contributed by atoms with Gasteiger partial charge in [0.05, 0.1) is 0 Å². The predicted octanol–water partition coefficient (Wildman–Crippen LogP) is 3.40. The molecular formula is C16H23ClN2. The summed E-state index contributed by atoms with van der Waals surface area (Å²) < 4.78 is 0. The summed E-state index contributed by atoms with van der Waals surface area (Å²) in [6.45, 7) is 2.24. The van der Waals surface area contributed by atoms with Crippen LogP contribution in [0.3, 0.4) is 0 Å². The molecule has 0 aromatic heterocycles. The van der Waals surface area contributed by atoms with Crippen molar-refractivity contribution >= 4 is 11.6 Å². The number of likely N-dealkylation sites (tertiary alicyclic amines) is 1. The van der Waals surface area contributed by atoms with Gasteiger partial charge in [-0.1, -0.05) is 36.6 Å². The number of rotatable bonds is 2. The molecule has 19 heavy (non-hydrogen) atoms. The molecule has 2 atom stereocenters. The summed E-state index contributed by atoms with van der Waals surface area (Å²) in [4.78, 5) is 2.64. The van der Waals surface area contributed by atoms with E-state index in [1.165, 1.54) is 37.8 Å². The van der Waals surface area contributed by atoms with Crippen LogP contribution in [0.4, 0.5) is 0 Å². The molecule has 3 rings (SSSR count). The topological polar surface area (TPSA) is 29.3 Å². The van der Waals surface area contributed by atoms with E-state index < -0.39 is 0 Å². The molecule has 2 aliphatic rings. The number of benzene rings is 1. The van der Waals surface area contributed by atoms with Crippen LogP contribution < -0.4 is 5.73 Å². The maximum absolute atomic E-state index is 6.28. The molecule has 1 aliphatic heterocycles. The second-order valence-corrected chi connectivity index (χ2v) is 6.57. The van der Waals surface area contributed by atoms with Crippen LogP contribution in [0.25, 0.3) is 0 Å². The van der Waals surface area contributed by atoms with Gasteiger partial charge in [0.1, 0.15) is 0 Å². The fraction of sp³-hybridized carbons (Fsp3) is 0.625. The minimum atomic E-state index is 0.315. The lowest BCUT2D eigenvalue weighted by Crippen LogP contribution is -2.49. The third-order valence-electron chi connectivity index (χ3n) is 4.69. The molecule has 1 saturated carbocycles. The fourth-order valence-electron chi connectivity index (χ4n) is 3.72. The molecule has 3 heteroatoms. The number of nitrogens with zero attached hydrogens (tertiary/aromatic N) is 1. The van der Waals surface area contributed by atoms with Crippen molar-refractivity contribution in [2.45, 2.75) is 50.1 Å². The Morgan fingerprint density at radius 3 is 2.42 bits per heavy atom. The van der Waals surface area contributed by atoms with Crippen LogP contribution in [0.15, 0.2) is 24.3 Å². The van der Waals surface area contributed by atoms with Crippen LogP contribution >= 0.6 is 11.6 Å². The molecule has 2 fully saturated rings. The quantitative estimate of drug-likeness (QED) is 0.898. The van der Waals surface area contributed by atoms with Crippen molar-refractivity contribution in [2.75, 3.05) is 13.1 Å². The van der Waals surface area contributed by atoms with Gasteiger partial charge in [-0.3, -0.25) is 4.90 Å². The van der Waals surface area contributed by atoms with Crippen molar-refractivity contribution in [2.24, 2.45) is 5.73 Å². The Balaban J connectivity index is 1.72. The molecule has 0 radical (unpaired) electrons. The van der Waals surface area contributed by atoms with E-state index in [1.54, 1.807) is 0 Å². The summed E-state index contributed by atoms with van der Waals surface area (Å²) in [6.07, 6.45) is 6.61. The summed E-state index contributed by atoms with van der Waals surface area (Å²) in [6, 6.07) is 9.42. The van der Waals surface area contributed by atoms with Crippen LogP contribution in [0.2, 0.25) is 5.02 Å². The zero-order valence-corrected chi connectivity index (χ0v) is 12.1. The van der Waals surface area contributed by atoms with Crippen LogP contribution in [0.1, 0.15) is 43.6 Å². The Morgan fingerprint density at radius 2 is 1.74 bits per heavy atom. The van der Waals surface area contributed by atoms with E-state index in [1.807, 2.05) is 12.1 Å². The fourth-order valence-corrected chi connectivity index (χ4v) is 3.84. The Bertz CT molecular complexity index is 411. The van der Waals surface area contributed by atoms with E-state index in [0.717, 1.165) is 24.0 Å². The monoisotopic (exact) mass is 278 g/mol. The van der Waals surface area contributed by atoms with Gasteiger partial charge in [-0.05, 0) is 42.9 Å². The van der Waals surface area contributed by atoms with Crippen LogP contribution in [0.5, 0.6) is 0 Å². The minimum Gasteiger partial charge on any atom is -0.327 e. The maximum atomic E-state index is 6.28. The largest absolute Gasteiger partial charge is 0.327 e. The zero-order chi connectivity index (χ0) is 13.2. The standard InChI is InChI=1S/C16H23ClN2/c17-14-7-5-12(6-8-14)13-9-15(18)11-19(10-13)16-3-1-2-4-16/h5-8,13,15-16H,1-4,9-11,18H2. The van der Waals surface area contributed by atoms with Gasteiger partial charge >= 0.3 is 0 Å². The highest BCUT2D eigenvalue weighted by Gasteiger charge is 2.31. The number of hydrogen-bond donors (Lipinski definition) is 1. The van der Waals surface area contributed by atoms with Crippen LogP contribution in [-0.4, -0.2) is 30.1 Å². The maximum Gasteiger partial charge on any atom is 0.0406 e. The Hall–Kier alpha value is -0.570. The van der Waals surface area contributed by atoms with Gasteiger partial charge in [-0.25, -0.2) is 0 Å². The van der Waals surface area contributed by atoms with Crippen molar-refractivity contribution in [3.63, 3.8) is 0 Å². The number of hydrogen-bond acceptors (Lipinski definition) is 2. The van der Waals surface area contributed by atoms with Gasteiger partial charge in [0.2, 0.25) is 0 Å². The summed E-state index contributed by atoms with van der Waals surface area (Å²) in [5.41, 5.74) is 7.67. The highest BCUT2D eigenvalue weighted by Crippen LogP contribution is 2.32. The second-order valence-electron chi connectivity index (χ2n) is 6.14. The molecular weight excluding hydrogens is 256 g/mol. The van der Waals surface area contributed by atoms with E-state index in [-0.39, 0.29) is 0 Å². The predicted molar refractivity (Wildman–Crippen MR) is 80.6 cm³/mol.